The van der Waals surface area contributed by atoms with Crippen LogP contribution in [0, 0.1) is 5.41 Å². The minimum absolute atomic E-state index is 0.0558. The fourth-order valence-electron chi connectivity index (χ4n) is 4.45. The largest absolute Gasteiger partial charge is 0.481 e. The maximum Gasteiger partial charge on any atom is 0.310 e. The molecule has 2 saturated heterocycles. The third-order valence-electron chi connectivity index (χ3n) is 6.01. The first-order chi connectivity index (χ1) is 10.0. The van der Waals surface area contributed by atoms with Crippen LogP contribution in [0.1, 0.15) is 51.4 Å². The van der Waals surface area contributed by atoms with Crippen LogP contribution in [-0.4, -0.2) is 59.0 Å². The van der Waals surface area contributed by atoms with Crippen LogP contribution in [0.2, 0.25) is 0 Å². The van der Waals surface area contributed by atoms with E-state index in [-0.39, 0.29) is 12.3 Å². The average Bonchev–Trinajstić information content (AvgIpc) is 2.96. The van der Waals surface area contributed by atoms with Crippen LogP contribution in [0.3, 0.4) is 0 Å². The van der Waals surface area contributed by atoms with Gasteiger partial charge in [0.25, 0.3) is 0 Å². The first-order valence-corrected chi connectivity index (χ1v) is 8.25. The molecule has 1 amide bonds. The Hall–Kier alpha value is -1.10. The number of carbonyl (C=O) groups is 2. The Balaban J connectivity index is 1.66. The molecule has 0 spiro atoms. The number of likely N-dealkylation sites (N-methyl/N-ethyl adjacent to an activating group) is 1. The topological polar surface area (TPSA) is 60.9 Å². The van der Waals surface area contributed by atoms with Gasteiger partial charge in [0, 0.05) is 31.6 Å². The predicted molar refractivity (Wildman–Crippen MR) is 78.9 cm³/mol. The summed E-state index contributed by atoms with van der Waals surface area (Å²) in [6.07, 6.45) is 6.82. The summed E-state index contributed by atoms with van der Waals surface area (Å²) in [5, 5.41) is 9.53. The van der Waals surface area contributed by atoms with E-state index >= 15 is 0 Å². The van der Waals surface area contributed by atoms with E-state index in [0.29, 0.717) is 24.9 Å². The van der Waals surface area contributed by atoms with E-state index in [1.807, 2.05) is 4.90 Å². The molecule has 3 rings (SSSR count). The molecule has 118 valence electrons. The summed E-state index contributed by atoms with van der Waals surface area (Å²) in [6.45, 7) is 1.57. The fourth-order valence-corrected chi connectivity index (χ4v) is 4.45. The molecule has 1 N–H and O–H groups in total. The normalized spacial score (nSPS) is 32.1. The highest BCUT2D eigenvalue weighted by Crippen LogP contribution is 2.42. The van der Waals surface area contributed by atoms with Crippen LogP contribution in [-0.2, 0) is 9.59 Å². The van der Waals surface area contributed by atoms with Gasteiger partial charge in [-0.15, -0.1) is 0 Å². The molecular weight excluding hydrogens is 268 g/mol. The Morgan fingerprint density at radius 3 is 2.48 bits per heavy atom. The number of hydrogen-bond donors (Lipinski definition) is 1. The Kier molecular flexibility index (Phi) is 3.95. The van der Waals surface area contributed by atoms with Gasteiger partial charge in [-0.05, 0) is 39.2 Å². The number of carboxylic acids is 1. The number of fused-ring (bicyclic) bond motifs is 2. The molecule has 0 aromatic carbocycles. The van der Waals surface area contributed by atoms with Crippen molar-refractivity contribution in [1.29, 1.82) is 0 Å². The Morgan fingerprint density at radius 2 is 1.81 bits per heavy atom. The van der Waals surface area contributed by atoms with Crippen molar-refractivity contribution in [2.75, 3.05) is 20.1 Å². The molecule has 0 radical (unpaired) electrons. The van der Waals surface area contributed by atoms with E-state index in [4.69, 9.17) is 0 Å². The summed E-state index contributed by atoms with van der Waals surface area (Å²) in [7, 11) is 2.16. The van der Waals surface area contributed by atoms with Crippen molar-refractivity contribution >= 4 is 11.9 Å². The van der Waals surface area contributed by atoms with Gasteiger partial charge in [-0.1, -0.05) is 12.8 Å². The number of carboxylic acid groups (broad SMARTS) is 1. The third kappa shape index (κ3) is 2.68. The zero-order chi connectivity index (χ0) is 15.0. The molecule has 2 bridgehead atoms. The van der Waals surface area contributed by atoms with Gasteiger partial charge in [-0.3, -0.25) is 14.5 Å². The van der Waals surface area contributed by atoms with Crippen LogP contribution >= 0.6 is 0 Å². The average molecular weight is 294 g/mol. The number of rotatable bonds is 3. The molecule has 5 nitrogen and oxygen atoms in total. The summed E-state index contributed by atoms with van der Waals surface area (Å²) in [5.74, 6) is -0.720. The lowest BCUT2D eigenvalue weighted by molar-refractivity contribution is -0.153. The first-order valence-electron chi connectivity index (χ1n) is 8.25. The molecule has 3 aliphatic rings. The number of carbonyl (C=O) groups excluding carboxylic acids is 1. The van der Waals surface area contributed by atoms with E-state index in [9.17, 15) is 14.7 Å². The molecule has 3 fully saturated rings. The van der Waals surface area contributed by atoms with Crippen LogP contribution in [0.5, 0.6) is 0 Å². The number of amides is 1. The minimum Gasteiger partial charge on any atom is -0.481 e. The zero-order valence-electron chi connectivity index (χ0n) is 12.9. The maximum atomic E-state index is 12.6. The summed E-state index contributed by atoms with van der Waals surface area (Å²) < 4.78 is 0. The standard InChI is InChI=1S/C16H26N2O3/c1-17-12-4-5-13(17)11-18(9-6-12)14(19)10-16(15(20)21)7-2-3-8-16/h12-13H,2-11H2,1H3,(H,20,21). The van der Waals surface area contributed by atoms with Crippen molar-refractivity contribution in [3.8, 4) is 0 Å². The molecular formula is C16H26N2O3. The van der Waals surface area contributed by atoms with Gasteiger partial charge in [0.15, 0.2) is 0 Å². The molecule has 1 saturated carbocycles. The van der Waals surface area contributed by atoms with Gasteiger partial charge in [-0.2, -0.15) is 0 Å². The van der Waals surface area contributed by atoms with Crippen molar-refractivity contribution in [3.05, 3.63) is 0 Å². The second-order valence-electron chi connectivity index (χ2n) is 7.15. The van der Waals surface area contributed by atoms with E-state index in [1.165, 1.54) is 6.42 Å². The number of nitrogens with zero attached hydrogens (tertiary/aromatic N) is 2. The number of likely N-dealkylation sites (tertiary alicyclic amines) is 1. The maximum absolute atomic E-state index is 12.6. The van der Waals surface area contributed by atoms with Crippen molar-refractivity contribution < 1.29 is 14.7 Å². The number of aliphatic carboxylic acids is 1. The minimum atomic E-state index is -0.783. The first kappa shape index (κ1) is 14.8. The Labute approximate surface area is 126 Å². The van der Waals surface area contributed by atoms with Gasteiger partial charge in [0.1, 0.15) is 0 Å². The lowest BCUT2D eigenvalue weighted by Crippen LogP contribution is -2.42. The predicted octanol–water partition coefficient (Wildman–Crippen LogP) is 1.72. The smallest absolute Gasteiger partial charge is 0.310 e. The molecule has 1 aliphatic carbocycles. The van der Waals surface area contributed by atoms with E-state index in [2.05, 4.69) is 11.9 Å². The van der Waals surface area contributed by atoms with Crippen molar-refractivity contribution in [1.82, 2.24) is 9.80 Å². The van der Waals surface area contributed by atoms with Crippen LogP contribution in [0.15, 0.2) is 0 Å². The van der Waals surface area contributed by atoms with Gasteiger partial charge < -0.3 is 10.0 Å². The molecule has 2 heterocycles. The van der Waals surface area contributed by atoms with Gasteiger partial charge in [0.05, 0.1) is 5.41 Å². The summed E-state index contributed by atoms with van der Waals surface area (Å²) in [4.78, 5) is 28.6. The lowest BCUT2D eigenvalue weighted by atomic mass is 9.82. The SMILES string of the molecule is CN1C2CCC1CN(C(=O)CC1(C(=O)O)CCCC1)CC2. The molecule has 2 aliphatic heterocycles. The highest BCUT2D eigenvalue weighted by Gasteiger charge is 2.45. The monoisotopic (exact) mass is 294 g/mol. The molecule has 2 unspecified atom stereocenters. The van der Waals surface area contributed by atoms with E-state index < -0.39 is 11.4 Å². The zero-order valence-corrected chi connectivity index (χ0v) is 12.9. The number of hydrogen-bond acceptors (Lipinski definition) is 3. The second-order valence-corrected chi connectivity index (χ2v) is 7.15. The summed E-state index contributed by atoms with van der Waals surface area (Å²) >= 11 is 0. The van der Waals surface area contributed by atoms with Gasteiger partial charge >= 0.3 is 5.97 Å². The summed E-state index contributed by atoms with van der Waals surface area (Å²) in [5.41, 5.74) is -0.783. The van der Waals surface area contributed by atoms with Gasteiger partial charge in [-0.25, -0.2) is 0 Å². The highest BCUT2D eigenvalue weighted by molar-refractivity contribution is 5.85. The van der Waals surface area contributed by atoms with Crippen molar-refractivity contribution in [2.24, 2.45) is 5.41 Å². The van der Waals surface area contributed by atoms with Crippen molar-refractivity contribution in [3.63, 3.8) is 0 Å². The lowest BCUT2D eigenvalue weighted by Gasteiger charge is -2.30. The van der Waals surface area contributed by atoms with Gasteiger partial charge in [0.2, 0.25) is 5.91 Å². The molecule has 5 heteroatoms. The van der Waals surface area contributed by atoms with Crippen LogP contribution in [0.25, 0.3) is 0 Å². The fraction of sp³-hybridized carbons (Fsp3) is 0.875. The molecule has 0 aromatic heterocycles. The van der Waals surface area contributed by atoms with Crippen LogP contribution in [0.4, 0.5) is 0 Å². The second kappa shape index (κ2) is 5.59. The quantitative estimate of drug-likeness (QED) is 0.861. The highest BCUT2D eigenvalue weighted by atomic mass is 16.4. The summed E-state index contributed by atoms with van der Waals surface area (Å²) in [6, 6.07) is 1.07. The molecule has 0 aromatic rings. The van der Waals surface area contributed by atoms with Crippen LogP contribution < -0.4 is 0 Å². The van der Waals surface area contributed by atoms with Crippen molar-refractivity contribution in [2.45, 2.75) is 63.5 Å². The van der Waals surface area contributed by atoms with E-state index in [0.717, 1.165) is 38.8 Å². The molecule has 21 heavy (non-hydrogen) atoms. The third-order valence-corrected chi connectivity index (χ3v) is 6.01. The van der Waals surface area contributed by atoms with E-state index in [1.54, 1.807) is 0 Å². The molecule has 2 atom stereocenters. The Bertz CT molecular complexity index is 431. The Morgan fingerprint density at radius 1 is 1.14 bits per heavy atom.